The fourth-order valence-electron chi connectivity index (χ4n) is 1.94. The second-order valence-corrected chi connectivity index (χ2v) is 6.43. The molecule has 1 N–H and O–H groups in total. The molecule has 0 aromatic heterocycles. The second kappa shape index (κ2) is 9.55. The lowest BCUT2D eigenvalue weighted by atomic mass is 10.3. The number of ether oxygens (including phenoxy) is 2. The van der Waals surface area contributed by atoms with E-state index in [9.17, 15) is 4.79 Å². The molecule has 2 aromatic carbocycles. The summed E-state index contributed by atoms with van der Waals surface area (Å²) in [6.45, 7) is 2.58. The highest BCUT2D eigenvalue weighted by atomic mass is 79.9. The predicted molar refractivity (Wildman–Crippen MR) is 100 cm³/mol. The van der Waals surface area contributed by atoms with E-state index in [1.165, 1.54) is 0 Å². The first-order valence-electron chi connectivity index (χ1n) is 7.69. The molecule has 2 rings (SSSR count). The zero-order valence-electron chi connectivity index (χ0n) is 13.4. The van der Waals surface area contributed by atoms with Crippen molar-refractivity contribution in [1.82, 2.24) is 0 Å². The number of anilines is 1. The summed E-state index contributed by atoms with van der Waals surface area (Å²) >= 11 is 9.38. The maximum atomic E-state index is 12.1. The zero-order chi connectivity index (χ0) is 17.4. The minimum absolute atomic E-state index is 0.134. The Balaban J connectivity index is 1.92. The Labute approximate surface area is 155 Å². The molecule has 0 aliphatic rings. The number of para-hydroxylation sites is 2. The van der Waals surface area contributed by atoms with Gasteiger partial charge >= 0.3 is 0 Å². The molecule has 6 heteroatoms. The van der Waals surface area contributed by atoms with Crippen molar-refractivity contribution in [2.24, 2.45) is 0 Å². The summed E-state index contributed by atoms with van der Waals surface area (Å²) in [5.41, 5.74) is 0.629. The van der Waals surface area contributed by atoms with Crippen molar-refractivity contribution in [2.75, 3.05) is 18.5 Å². The molecule has 0 spiro atoms. The summed E-state index contributed by atoms with van der Waals surface area (Å²) in [6.07, 6.45) is 2.02. The lowest BCUT2D eigenvalue weighted by molar-refractivity contribution is -0.118. The second-order valence-electron chi connectivity index (χ2n) is 5.11. The van der Waals surface area contributed by atoms with Crippen molar-refractivity contribution in [2.45, 2.75) is 19.8 Å². The molecule has 24 heavy (non-hydrogen) atoms. The highest BCUT2D eigenvalue weighted by Crippen LogP contribution is 2.28. The lowest BCUT2D eigenvalue weighted by Crippen LogP contribution is -2.20. The summed E-state index contributed by atoms with van der Waals surface area (Å²) in [6, 6.07) is 12.6. The average Bonchev–Trinajstić information content (AvgIpc) is 2.56. The molecule has 0 fully saturated rings. The van der Waals surface area contributed by atoms with Crippen molar-refractivity contribution in [3.8, 4) is 11.5 Å². The largest absolute Gasteiger partial charge is 0.491 e. The van der Waals surface area contributed by atoms with Gasteiger partial charge in [0.25, 0.3) is 5.91 Å². The van der Waals surface area contributed by atoms with Crippen LogP contribution in [-0.2, 0) is 4.79 Å². The third kappa shape index (κ3) is 5.73. The molecule has 0 unspecified atom stereocenters. The van der Waals surface area contributed by atoms with Crippen molar-refractivity contribution in [3.63, 3.8) is 0 Å². The van der Waals surface area contributed by atoms with E-state index in [0.717, 1.165) is 17.3 Å². The number of amides is 1. The molecule has 0 bridgehead atoms. The highest BCUT2D eigenvalue weighted by Gasteiger charge is 2.10. The fraction of sp³-hybridized carbons (Fsp3) is 0.278. The van der Waals surface area contributed by atoms with E-state index in [0.29, 0.717) is 28.8 Å². The average molecular weight is 413 g/mol. The van der Waals surface area contributed by atoms with Gasteiger partial charge in [-0.25, -0.2) is 0 Å². The molecule has 0 saturated heterocycles. The molecule has 0 aliphatic heterocycles. The van der Waals surface area contributed by atoms with Gasteiger partial charge in [-0.15, -0.1) is 0 Å². The van der Waals surface area contributed by atoms with Crippen LogP contribution in [0.4, 0.5) is 5.69 Å². The summed E-state index contributed by atoms with van der Waals surface area (Å²) in [4.78, 5) is 12.1. The molecule has 0 heterocycles. The molecular weight excluding hydrogens is 394 g/mol. The van der Waals surface area contributed by atoms with Crippen LogP contribution in [-0.4, -0.2) is 19.1 Å². The van der Waals surface area contributed by atoms with E-state index in [1.807, 2.05) is 18.2 Å². The molecule has 0 aliphatic carbocycles. The molecule has 4 nitrogen and oxygen atoms in total. The van der Waals surface area contributed by atoms with Crippen molar-refractivity contribution < 1.29 is 14.3 Å². The molecule has 2 aromatic rings. The van der Waals surface area contributed by atoms with Gasteiger partial charge in [0, 0.05) is 4.47 Å². The SMILES string of the molecule is CCCCOc1ccccc1NC(=O)COc1ccc(Br)cc1Cl. The van der Waals surface area contributed by atoms with E-state index in [2.05, 4.69) is 28.2 Å². The standard InChI is InChI=1S/C18H19BrClNO3/c1-2-3-10-23-17-7-5-4-6-15(17)21-18(22)12-24-16-9-8-13(19)11-14(16)20/h4-9,11H,2-3,10,12H2,1H3,(H,21,22). The van der Waals surface area contributed by atoms with Gasteiger partial charge in [-0.05, 0) is 36.8 Å². The minimum atomic E-state index is -0.277. The molecule has 0 saturated carbocycles. The number of benzene rings is 2. The van der Waals surface area contributed by atoms with E-state index in [1.54, 1.807) is 24.3 Å². The number of halogens is 2. The first-order chi connectivity index (χ1) is 11.6. The number of carbonyl (C=O) groups is 1. The normalized spacial score (nSPS) is 10.3. The Morgan fingerprint density at radius 3 is 2.71 bits per heavy atom. The summed E-state index contributed by atoms with van der Waals surface area (Å²) < 4.78 is 12.0. The molecular formula is C18H19BrClNO3. The van der Waals surface area contributed by atoms with Gasteiger partial charge < -0.3 is 14.8 Å². The van der Waals surface area contributed by atoms with E-state index in [-0.39, 0.29) is 12.5 Å². The lowest BCUT2D eigenvalue weighted by Gasteiger charge is -2.13. The predicted octanol–water partition coefficient (Wildman–Crippen LogP) is 5.30. The Hall–Kier alpha value is -1.72. The Morgan fingerprint density at radius 1 is 1.17 bits per heavy atom. The third-order valence-corrected chi connectivity index (χ3v) is 3.96. The van der Waals surface area contributed by atoms with Gasteiger partial charge in [-0.2, -0.15) is 0 Å². The molecule has 1 amide bonds. The van der Waals surface area contributed by atoms with Crippen LogP contribution in [0, 0.1) is 0 Å². The molecule has 0 atom stereocenters. The Morgan fingerprint density at radius 2 is 1.96 bits per heavy atom. The summed E-state index contributed by atoms with van der Waals surface area (Å²) in [5.74, 6) is 0.837. The number of hydrogen-bond donors (Lipinski definition) is 1. The van der Waals surface area contributed by atoms with Crippen LogP contribution >= 0.6 is 27.5 Å². The fourth-order valence-corrected chi connectivity index (χ4v) is 2.67. The van der Waals surface area contributed by atoms with Gasteiger partial charge in [-0.1, -0.05) is 53.0 Å². The maximum Gasteiger partial charge on any atom is 0.262 e. The van der Waals surface area contributed by atoms with Gasteiger partial charge in [0.1, 0.15) is 11.5 Å². The maximum absolute atomic E-state index is 12.1. The van der Waals surface area contributed by atoms with Crippen LogP contribution in [0.1, 0.15) is 19.8 Å². The number of hydrogen-bond acceptors (Lipinski definition) is 3. The van der Waals surface area contributed by atoms with Crippen LogP contribution in [0.25, 0.3) is 0 Å². The first-order valence-corrected chi connectivity index (χ1v) is 8.86. The number of rotatable bonds is 8. The number of carbonyl (C=O) groups excluding carboxylic acids is 1. The monoisotopic (exact) mass is 411 g/mol. The molecule has 128 valence electrons. The van der Waals surface area contributed by atoms with Crippen LogP contribution in [0.5, 0.6) is 11.5 Å². The highest BCUT2D eigenvalue weighted by molar-refractivity contribution is 9.10. The number of nitrogens with one attached hydrogen (secondary N) is 1. The van der Waals surface area contributed by atoms with Crippen molar-refractivity contribution >= 4 is 39.1 Å². The van der Waals surface area contributed by atoms with Gasteiger partial charge in [0.2, 0.25) is 0 Å². The van der Waals surface area contributed by atoms with E-state index < -0.39 is 0 Å². The van der Waals surface area contributed by atoms with E-state index >= 15 is 0 Å². The zero-order valence-corrected chi connectivity index (χ0v) is 15.7. The molecule has 0 radical (unpaired) electrons. The van der Waals surface area contributed by atoms with E-state index in [4.69, 9.17) is 21.1 Å². The summed E-state index contributed by atoms with van der Waals surface area (Å²) in [5, 5.41) is 3.24. The smallest absolute Gasteiger partial charge is 0.262 e. The topological polar surface area (TPSA) is 47.6 Å². The van der Waals surface area contributed by atoms with Crippen LogP contribution in [0.3, 0.4) is 0 Å². The van der Waals surface area contributed by atoms with Gasteiger partial charge in [0.15, 0.2) is 6.61 Å². The quantitative estimate of drug-likeness (QED) is 0.599. The van der Waals surface area contributed by atoms with Crippen LogP contribution < -0.4 is 14.8 Å². The number of unbranched alkanes of at least 4 members (excludes halogenated alkanes) is 1. The first kappa shape index (κ1) is 18.6. The van der Waals surface area contributed by atoms with Gasteiger partial charge in [0.05, 0.1) is 17.3 Å². The van der Waals surface area contributed by atoms with Crippen molar-refractivity contribution in [3.05, 3.63) is 52.0 Å². The van der Waals surface area contributed by atoms with Crippen LogP contribution in [0.2, 0.25) is 5.02 Å². The van der Waals surface area contributed by atoms with Crippen LogP contribution in [0.15, 0.2) is 46.9 Å². The van der Waals surface area contributed by atoms with Gasteiger partial charge in [-0.3, -0.25) is 4.79 Å². The Kier molecular flexibility index (Phi) is 7.40. The summed E-state index contributed by atoms with van der Waals surface area (Å²) in [7, 11) is 0. The Bertz CT molecular complexity index is 694. The van der Waals surface area contributed by atoms with Crippen molar-refractivity contribution in [1.29, 1.82) is 0 Å². The minimum Gasteiger partial charge on any atom is -0.491 e. The third-order valence-electron chi connectivity index (χ3n) is 3.17.